The molecular formula is C14H11BrN4O2. The Labute approximate surface area is 128 Å². The van der Waals surface area contributed by atoms with E-state index in [2.05, 4.69) is 30.9 Å². The predicted octanol–water partition coefficient (Wildman–Crippen LogP) is 2.42. The van der Waals surface area contributed by atoms with E-state index in [0.29, 0.717) is 27.9 Å². The summed E-state index contributed by atoms with van der Waals surface area (Å²) in [7, 11) is 1.36. The van der Waals surface area contributed by atoms with Gasteiger partial charge in [-0.25, -0.2) is 19.7 Å². The SMILES string of the molecule is COC(=O)c1cccc(Cn2cnc3nccnc32)c1Br. The third-order valence-electron chi connectivity index (χ3n) is 3.08. The lowest BCUT2D eigenvalue weighted by Crippen LogP contribution is -2.06. The molecule has 1 aromatic carbocycles. The highest BCUT2D eigenvalue weighted by molar-refractivity contribution is 9.10. The Bertz CT molecular complexity index is 816. The molecule has 0 saturated carbocycles. The molecule has 3 rings (SSSR count). The van der Waals surface area contributed by atoms with Crippen LogP contribution in [-0.2, 0) is 11.3 Å². The molecule has 0 fully saturated rings. The fourth-order valence-electron chi connectivity index (χ4n) is 2.06. The van der Waals surface area contributed by atoms with Crippen LogP contribution in [0.15, 0.2) is 41.4 Å². The van der Waals surface area contributed by atoms with Gasteiger partial charge in [0.25, 0.3) is 0 Å². The second kappa shape index (κ2) is 5.61. The first-order valence-corrected chi connectivity index (χ1v) is 6.97. The molecule has 21 heavy (non-hydrogen) atoms. The Morgan fingerprint density at radius 1 is 1.29 bits per heavy atom. The molecule has 0 saturated heterocycles. The molecule has 2 aromatic heterocycles. The van der Waals surface area contributed by atoms with Gasteiger partial charge in [-0.2, -0.15) is 0 Å². The van der Waals surface area contributed by atoms with E-state index in [4.69, 9.17) is 4.74 Å². The Hall–Kier alpha value is -2.28. The average Bonchev–Trinajstić information content (AvgIpc) is 2.92. The zero-order valence-corrected chi connectivity index (χ0v) is 12.7. The molecule has 0 aliphatic heterocycles. The number of hydrogen-bond donors (Lipinski definition) is 0. The number of carbonyl (C=O) groups excluding carboxylic acids is 1. The molecule has 0 aliphatic carbocycles. The van der Waals surface area contributed by atoms with E-state index in [9.17, 15) is 4.79 Å². The number of rotatable bonds is 3. The van der Waals surface area contributed by atoms with Gasteiger partial charge in [0, 0.05) is 16.9 Å². The number of benzene rings is 1. The summed E-state index contributed by atoms with van der Waals surface area (Å²) in [5, 5.41) is 0. The summed E-state index contributed by atoms with van der Waals surface area (Å²) in [6, 6.07) is 5.46. The van der Waals surface area contributed by atoms with Crippen molar-refractivity contribution in [1.82, 2.24) is 19.5 Å². The summed E-state index contributed by atoms with van der Waals surface area (Å²) < 4.78 is 7.36. The van der Waals surface area contributed by atoms with Crippen LogP contribution < -0.4 is 0 Å². The lowest BCUT2D eigenvalue weighted by atomic mass is 10.1. The van der Waals surface area contributed by atoms with Crippen molar-refractivity contribution in [2.45, 2.75) is 6.54 Å². The van der Waals surface area contributed by atoms with Gasteiger partial charge in [0.1, 0.15) is 0 Å². The van der Waals surface area contributed by atoms with Crippen LogP contribution in [0, 0.1) is 0 Å². The van der Waals surface area contributed by atoms with Gasteiger partial charge in [0.05, 0.1) is 25.5 Å². The molecule has 0 radical (unpaired) electrons. The number of imidazole rings is 1. The van der Waals surface area contributed by atoms with Crippen molar-refractivity contribution in [3.63, 3.8) is 0 Å². The molecule has 106 valence electrons. The second-order valence-corrected chi connectivity index (χ2v) is 5.14. The van der Waals surface area contributed by atoms with Crippen LogP contribution in [0.25, 0.3) is 11.3 Å². The van der Waals surface area contributed by atoms with Crippen LogP contribution in [0.2, 0.25) is 0 Å². The van der Waals surface area contributed by atoms with Crippen LogP contribution >= 0.6 is 15.9 Å². The Balaban J connectivity index is 2.00. The van der Waals surface area contributed by atoms with Crippen molar-refractivity contribution >= 4 is 33.2 Å². The molecule has 0 spiro atoms. The van der Waals surface area contributed by atoms with Crippen LogP contribution in [0.1, 0.15) is 15.9 Å². The average molecular weight is 347 g/mol. The van der Waals surface area contributed by atoms with Gasteiger partial charge in [0.2, 0.25) is 0 Å². The first kappa shape index (κ1) is 13.7. The van der Waals surface area contributed by atoms with Crippen molar-refractivity contribution in [3.8, 4) is 0 Å². The summed E-state index contributed by atoms with van der Waals surface area (Å²) in [6.07, 6.45) is 4.91. The minimum absolute atomic E-state index is 0.376. The number of aromatic nitrogens is 4. The molecule has 3 aromatic rings. The van der Waals surface area contributed by atoms with E-state index in [1.165, 1.54) is 7.11 Å². The van der Waals surface area contributed by atoms with Gasteiger partial charge < -0.3 is 9.30 Å². The number of ether oxygens (including phenoxy) is 1. The first-order valence-electron chi connectivity index (χ1n) is 6.18. The third kappa shape index (κ3) is 2.52. The van der Waals surface area contributed by atoms with Crippen molar-refractivity contribution in [1.29, 1.82) is 0 Å². The van der Waals surface area contributed by atoms with E-state index in [-0.39, 0.29) is 5.97 Å². The van der Waals surface area contributed by atoms with Gasteiger partial charge >= 0.3 is 5.97 Å². The summed E-state index contributed by atoms with van der Waals surface area (Å²) in [6.45, 7) is 0.528. The van der Waals surface area contributed by atoms with Crippen LogP contribution in [0.3, 0.4) is 0 Å². The molecule has 0 unspecified atom stereocenters. The van der Waals surface area contributed by atoms with E-state index >= 15 is 0 Å². The standard InChI is InChI=1S/C14H11BrN4O2/c1-21-14(20)10-4-2-3-9(11(10)15)7-19-8-18-12-13(19)17-6-5-16-12/h2-6,8H,7H2,1H3. The number of esters is 1. The van der Waals surface area contributed by atoms with Gasteiger partial charge in [-0.1, -0.05) is 12.1 Å². The fraction of sp³-hybridized carbons (Fsp3) is 0.143. The van der Waals surface area contributed by atoms with Crippen LogP contribution in [-0.4, -0.2) is 32.6 Å². The highest BCUT2D eigenvalue weighted by Crippen LogP contribution is 2.24. The molecule has 2 heterocycles. The van der Waals surface area contributed by atoms with Crippen LogP contribution in [0.5, 0.6) is 0 Å². The van der Waals surface area contributed by atoms with E-state index in [0.717, 1.165) is 5.56 Å². The zero-order chi connectivity index (χ0) is 14.8. The number of hydrogen-bond acceptors (Lipinski definition) is 5. The highest BCUT2D eigenvalue weighted by atomic mass is 79.9. The highest BCUT2D eigenvalue weighted by Gasteiger charge is 2.14. The number of fused-ring (bicyclic) bond motifs is 1. The van der Waals surface area contributed by atoms with E-state index in [1.54, 1.807) is 24.8 Å². The minimum atomic E-state index is -0.376. The van der Waals surface area contributed by atoms with Gasteiger partial charge in [0.15, 0.2) is 11.3 Å². The minimum Gasteiger partial charge on any atom is -0.465 e. The van der Waals surface area contributed by atoms with Crippen molar-refractivity contribution in [2.75, 3.05) is 7.11 Å². The fourth-order valence-corrected chi connectivity index (χ4v) is 2.62. The topological polar surface area (TPSA) is 69.9 Å². The number of halogens is 1. The van der Waals surface area contributed by atoms with Gasteiger partial charge in [-0.15, -0.1) is 0 Å². The maximum absolute atomic E-state index is 11.7. The van der Waals surface area contributed by atoms with Crippen molar-refractivity contribution < 1.29 is 9.53 Å². The lowest BCUT2D eigenvalue weighted by Gasteiger charge is -2.09. The predicted molar refractivity (Wildman–Crippen MR) is 79.9 cm³/mol. The largest absolute Gasteiger partial charge is 0.465 e. The smallest absolute Gasteiger partial charge is 0.339 e. The maximum atomic E-state index is 11.7. The summed E-state index contributed by atoms with van der Waals surface area (Å²) in [5.41, 5.74) is 2.72. The Morgan fingerprint density at radius 2 is 2.10 bits per heavy atom. The third-order valence-corrected chi connectivity index (χ3v) is 4.01. The first-order chi connectivity index (χ1) is 10.2. The summed E-state index contributed by atoms with van der Waals surface area (Å²) in [4.78, 5) is 24.3. The quantitative estimate of drug-likeness (QED) is 0.681. The Morgan fingerprint density at radius 3 is 2.90 bits per heavy atom. The molecule has 0 bridgehead atoms. The number of carbonyl (C=O) groups is 1. The summed E-state index contributed by atoms with van der Waals surface area (Å²) in [5.74, 6) is -0.376. The zero-order valence-electron chi connectivity index (χ0n) is 11.2. The summed E-state index contributed by atoms with van der Waals surface area (Å²) >= 11 is 3.46. The molecule has 0 amide bonds. The molecule has 0 aliphatic rings. The van der Waals surface area contributed by atoms with Gasteiger partial charge in [-0.3, -0.25) is 0 Å². The number of methoxy groups -OCH3 is 1. The Kier molecular flexibility index (Phi) is 3.66. The van der Waals surface area contributed by atoms with Crippen molar-refractivity contribution in [2.24, 2.45) is 0 Å². The van der Waals surface area contributed by atoms with Gasteiger partial charge in [-0.05, 0) is 27.6 Å². The molecule has 6 nitrogen and oxygen atoms in total. The van der Waals surface area contributed by atoms with Crippen LogP contribution in [0.4, 0.5) is 0 Å². The number of nitrogens with zero attached hydrogens (tertiary/aromatic N) is 4. The maximum Gasteiger partial charge on any atom is 0.339 e. The normalized spacial score (nSPS) is 10.8. The molecule has 0 atom stereocenters. The lowest BCUT2D eigenvalue weighted by molar-refractivity contribution is 0.0599. The molecule has 0 N–H and O–H groups in total. The monoisotopic (exact) mass is 346 g/mol. The second-order valence-electron chi connectivity index (χ2n) is 4.35. The molecule has 7 heteroatoms. The van der Waals surface area contributed by atoms with E-state index < -0.39 is 0 Å². The van der Waals surface area contributed by atoms with E-state index in [1.807, 2.05) is 16.7 Å². The molecular weight excluding hydrogens is 336 g/mol. The van der Waals surface area contributed by atoms with Crippen molar-refractivity contribution in [3.05, 3.63) is 52.5 Å².